The lowest BCUT2D eigenvalue weighted by Gasteiger charge is -2.18. The predicted molar refractivity (Wildman–Crippen MR) is 89.8 cm³/mol. The molecule has 5 heteroatoms. The minimum atomic E-state index is -0.306. The normalized spacial score (nSPS) is 13.2. The summed E-state index contributed by atoms with van der Waals surface area (Å²) in [5.74, 6) is 0.830. The van der Waals surface area contributed by atoms with Crippen LogP contribution in [0.2, 0.25) is 0 Å². The maximum Gasteiger partial charge on any atom is 0.249 e. The largest absolute Gasteiger partial charge is 0.344 e. The molecule has 0 fully saturated rings. The molecule has 1 N–H and O–H groups in total. The molecule has 0 saturated carbocycles. The van der Waals surface area contributed by atoms with E-state index in [0.29, 0.717) is 11.7 Å². The molecule has 0 aliphatic carbocycles. The fourth-order valence-electron chi connectivity index (χ4n) is 2.09. The van der Waals surface area contributed by atoms with Crippen LogP contribution in [-0.4, -0.2) is 16.0 Å². The third kappa shape index (κ3) is 4.18. The smallest absolute Gasteiger partial charge is 0.249 e. The van der Waals surface area contributed by atoms with Gasteiger partial charge in [-0.05, 0) is 17.9 Å². The Kier molecular flexibility index (Phi) is 4.88. The molecule has 0 bridgehead atoms. The number of nitrogens with one attached hydrogen (secondary N) is 1. The Morgan fingerprint density at radius 3 is 2.26 bits per heavy atom. The molecule has 5 nitrogen and oxygen atoms in total. The van der Waals surface area contributed by atoms with E-state index in [1.165, 1.54) is 5.56 Å². The van der Waals surface area contributed by atoms with Gasteiger partial charge in [-0.15, -0.1) is 0 Å². The number of amides is 1. The number of rotatable bonds is 4. The molecule has 1 atom stereocenters. The zero-order valence-electron chi connectivity index (χ0n) is 14.7. The fourth-order valence-corrected chi connectivity index (χ4v) is 2.09. The second-order valence-corrected chi connectivity index (χ2v) is 7.17. The van der Waals surface area contributed by atoms with Crippen molar-refractivity contribution in [1.29, 1.82) is 0 Å². The Morgan fingerprint density at radius 2 is 1.74 bits per heavy atom. The molecule has 0 saturated heterocycles. The van der Waals surface area contributed by atoms with Crippen LogP contribution in [0.25, 0.3) is 11.4 Å². The first-order valence-corrected chi connectivity index (χ1v) is 7.93. The van der Waals surface area contributed by atoms with Gasteiger partial charge in [0.2, 0.25) is 17.6 Å². The fraction of sp³-hybridized carbons (Fsp3) is 0.500. The van der Waals surface area contributed by atoms with Gasteiger partial charge in [-0.3, -0.25) is 4.79 Å². The van der Waals surface area contributed by atoms with Gasteiger partial charge in [0.15, 0.2) is 0 Å². The maximum absolute atomic E-state index is 11.7. The number of hydrogen-bond acceptors (Lipinski definition) is 4. The first kappa shape index (κ1) is 17.2. The molecule has 1 unspecified atom stereocenters. The lowest BCUT2D eigenvalue weighted by Crippen LogP contribution is -2.30. The van der Waals surface area contributed by atoms with E-state index < -0.39 is 0 Å². The van der Waals surface area contributed by atoms with Crippen LogP contribution in [0.3, 0.4) is 0 Å². The van der Waals surface area contributed by atoms with Crippen molar-refractivity contribution in [2.75, 3.05) is 0 Å². The summed E-state index contributed by atoms with van der Waals surface area (Å²) in [5, 5.41) is 6.87. The molecule has 0 radical (unpaired) electrons. The van der Waals surface area contributed by atoms with E-state index in [-0.39, 0.29) is 23.3 Å². The molecule has 2 aromatic rings. The number of nitrogens with zero attached hydrogens (tertiary/aromatic N) is 2. The SMILES string of the molecule is CC(C)C(=O)NC(C)c1nc(-c2ccc(C(C)(C)C)cc2)no1. The second-order valence-electron chi connectivity index (χ2n) is 7.17. The quantitative estimate of drug-likeness (QED) is 0.930. The lowest BCUT2D eigenvalue weighted by atomic mass is 9.87. The standard InChI is InChI=1S/C18H25N3O2/c1-11(2)16(22)19-12(3)17-20-15(21-23-17)13-7-9-14(10-8-13)18(4,5)6/h7-12H,1-6H3,(H,19,22). The molecule has 1 heterocycles. The topological polar surface area (TPSA) is 68.0 Å². The Morgan fingerprint density at radius 1 is 1.13 bits per heavy atom. The van der Waals surface area contributed by atoms with Crippen molar-refractivity contribution in [1.82, 2.24) is 15.5 Å². The summed E-state index contributed by atoms with van der Waals surface area (Å²) in [6.45, 7) is 12.0. The van der Waals surface area contributed by atoms with Crippen LogP contribution in [0, 0.1) is 5.92 Å². The van der Waals surface area contributed by atoms with Gasteiger partial charge >= 0.3 is 0 Å². The minimum absolute atomic E-state index is 0.0354. The van der Waals surface area contributed by atoms with Crippen LogP contribution < -0.4 is 5.32 Å². The van der Waals surface area contributed by atoms with E-state index >= 15 is 0 Å². The van der Waals surface area contributed by atoms with E-state index in [4.69, 9.17) is 4.52 Å². The second kappa shape index (κ2) is 6.52. The van der Waals surface area contributed by atoms with Crippen LogP contribution in [-0.2, 0) is 10.2 Å². The molecule has 1 aromatic carbocycles. The van der Waals surface area contributed by atoms with Crippen molar-refractivity contribution < 1.29 is 9.32 Å². The minimum Gasteiger partial charge on any atom is -0.344 e. The number of benzene rings is 1. The molecule has 0 aliphatic rings. The van der Waals surface area contributed by atoms with Gasteiger partial charge in [0.05, 0.1) is 0 Å². The molecule has 0 spiro atoms. The lowest BCUT2D eigenvalue weighted by molar-refractivity contribution is -0.124. The summed E-state index contributed by atoms with van der Waals surface area (Å²) < 4.78 is 5.28. The summed E-state index contributed by atoms with van der Waals surface area (Å²) in [6.07, 6.45) is 0. The Bertz CT molecular complexity index is 666. The van der Waals surface area contributed by atoms with E-state index in [0.717, 1.165) is 5.56 Å². The third-order valence-electron chi connectivity index (χ3n) is 3.70. The van der Waals surface area contributed by atoms with Gasteiger partial charge in [-0.2, -0.15) is 4.98 Å². The van der Waals surface area contributed by atoms with Gasteiger partial charge in [-0.1, -0.05) is 64.0 Å². The van der Waals surface area contributed by atoms with E-state index in [9.17, 15) is 4.79 Å². The summed E-state index contributed by atoms with van der Waals surface area (Å²) in [6, 6.07) is 7.84. The summed E-state index contributed by atoms with van der Waals surface area (Å²) in [7, 11) is 0. The van der Waals surface area contributed by atoms with Crippen molar-refractivity contribution in [3.05, 3.63) is 35.7 Å². The molecule has 23 heavy (non-hydrogen) atoms. The van der Waals surface area contributed by atoms with Gasteiger partial charge in [0.1, 0.15) is 6.04 Å². The zero-order valence-corrected chi connectivity index (χ0v) is 14.7. The summed E-state index contributed by atoms with van der Waals surface area (Å²) >= 11 is 0. The van der Waals surface area contributed by atoms with Crippen molar-refractivity contribution in [2.45, 2.75) is 53.0 Å². The Hall–Kier alpha value is -2.17. The van der Waals surface area contributed by atoms with Crippen LogP contribution in [0.5, 0.6) is 0 Å². The highest BCUT2D eigenvalue weighted by molar-refractivity contribution is 5.78. The van der Waals surface area contributed by atoms with Gasteiger partial charge < -0.3 is 9.84 Å². The van der Waals surface area contributed by atoms with Crippen molar-refractivity contribution >= 4 is 5.91 Å². The highest BCUT2D eigenvalue weighted by Gasteiger charge is 2.19. The average Bonchev–Trinajstić information content (AvgIpc) is 2.96. The Balaban J connectivity index is 2.14. The monoisotopic (exact) mass is 315 g/mol. The molecule has 1 aromatic heterocycles. The first-order chi connectivity index (χ1) is 10.7. The van der Waals surface area contributed by atoms with E-state index in [2.05, 4.69) is 48.4 Å². The number of aromatic nitrogens is 2. The van der Waals surface area contributed by atoms with Gasteiger partial charge in [0.25, 0.3) is 0 Å². The molecule has 2 rings (SSSR count). The maximum atomic E-state index is 11.7. The van der Waals surface area contributed by atoms with E-state index in [1.54, 1.807) is 0 Å². The van der Waals surface area contributed by atoms with E-state index in [1.807, 2.05) is 32.9 Å². The van der Waals surface area contributed by atoms with Crippen LogP contribution >= 0.6 is 0 Å². The number of carbonyl (C=O) groups excluding carboxylic acids is 1. The average molecular weight is 315 g/mol. The third-order valence-corrected chi connectivity index (χ3v) is 3.70. The molecule has 124 valence electrons. The van der Waals surface area contributed by atoms with Crippen molar-refractivity contribution in [3.63, 3.8) is 0 Å². The van der Waals surface area contributed by atoms with Crippen molar-refractivity contribution in [2.24, 2.45) is 5.92 Å². The highest BCUT2D eigenvalue weighted by atomic mass is 16.5. The summed E-state index contributed by atoms with van der Waals surface area (Å²) in [5.41, 5.74) is 2.26. The van der Waals surface area contributed by atoms with Gasteiger partial charge in [0, 0.05) is 11.5 Å². The number of hydrogen-bond donors (Lipinski definition) is 1. The molecule has 1 amide bonds. The predicted octanol–water partition coefficient (Wildman–Crippen LogP) is 3.87. The van der Waals surface area contributed by atoms with Crippen LogP contribution in [0.1, 0.15) is 59.0 Å². The van der Waals surface area contributed by atoms with Gasteiger partial charge in [-0.25, -0.2) is 0 Å². The molecular weight excluding hydrogens is 290 g/mol. The molecular formula is C18H25N3O2. The summed E-state index contributed by atoms with van der Waals surface area (Å²) in [4.78, 5) is 16.1. The zero-order chi connectivity index (χ0) is 17.2. The highest BCUT2D eigenvalue weighted by Crippen LogP contribution is 2.25. The van der Waals surface area contributed by atoms with Crippen molar-refractivity contribution in [3.8, 4) is 11.4 Å². The number of carbonyl (C=O) groups is 1. The van der Waals surface area contributed by atoms with Crippen LogP contribution in [0.4, 0.5) is 0 Å². The van der Waals surface area contributed by atoms with Crippen LogP contribution in [0.15, 0.2) is 28.8 Å². The first-order valence-electron chi connectivity index (χ1n) is 7.93. The Labute approximate surface area is 137 Å². The molecule has 0 aliphatic heterocycles.